The van der Waals surface area contributed by atoms with Crippen molar-refractivity contribution in [3.8, 4) is 0 Å². The number of carbonyl (C=O) groups excluding carboxylic acids is 6. The molecule has 7 atom stereocenters. The number of imide groups is 1. The van der Waals surface area contributed by atoms with Crippen LogP contribution in [0.4, 0.5) is 0 Å². The molecular weight excluding hydrogens is 522 g/mol. The number of hydroxylamine groups is 2. The van der Waals surface area contributed by atoms with Gasteiger partial charge in [-0.15, -0.1) is 5.06 Å². The first-order chi connectivity index (χ1) is 18.8. The molecule has 1 aliphatic heterocycles. The monoisotopic (exact) mass is 559 g/mol. The van der Waals surface area contributed by atoms with E-state index in [0.29, 0.717) is 24.3 Å². The van der Waals surface area contributed by atoms with Crippen LogP contribution in [-0.2, 0) is 38.3 Å². The molecule has 0 aromatic rings. The number of ether oxygens (including phenoxy) is 1. The van der Waals surface area contributed by atoms with Gasteiger partial charge < -0.3 is 19.8 Å². The number of amides is 2. The zero-order valence-corrected chi connectivity index (χ0v) is 23.0. The summed E-state index contributed by atoms with van der Waals surface area (Å²) in [5.41, 5.74) is -1.86. The summed E-state index contributed by atoms with van der Waals surface area (Å²) in [6.07, 6.45) is 3.74. The molecule has 4 fully saturated rings. The van der Waals surface area contributed by atoms with E-state index >= 15 is 0 Å². The molecule has 2 N–H and O–H groups in total. The van der Waals surface area contributed by atoms with Crippen molar-refractivity contribution in [1.29, 1.82) is 0 Å². The summed E-state index contributed by atoms with van der Waals surface area (Å²) in [5, 5.41) is 23.6. The molecule has 1 heterocycles. The Labute approximate surface area is 232 Å². The molecule has 3 saturated carbocycles. The molecule has 0 radical (unpaired) electrons. The third-order valence-corrected chi connectivity index (χ3v) is 10.6. The fraction of sp³-hybridized carbons (Fsp3) is 0.724. The molecule has 2 amide bonds. The van der Waals surface area contributed by atoms with Crippen LogP contribution in [-0.4, -0.2) is 68.9 Å². The summed E-state index contributed by atoms with van der Waals surface area (Å²) in [6.45, 7) is 3.31. The number of fused-ring (bicyclic) bond motifs is 5. The first-order valence-electron chi connectivity index (χ1n) is 14.2. The quantitative estimate of drug-likeness (QED) is 0.347. The van der Waals surface area contributed by atoms with Gasteiger partial charge in [-0.05, 0) is 67.8 Å². The number of hydrogen-bond donors (Lipinski definition) is 2. The van der Waals surface area contributed by atoms with Crippen molar-refractivity contribution < 1.29 is 48.6 Å². The van der Waals surface area contributed by atoms with Gasteiger partial charge in [-0.2, -0.15) is 0 Å². The average Bonchev–Trinajstić information content (AvgIpc) is 3.36. The number of esters is 1. The van der Waals surface area contributed by atoms with Gasteiger partial charge in [-0.25, -0.2) is 4.79 Å². The Morgan fingerprint density at radius 2 is 1.65 bits per heavy atom. The fourth-order valence-corrected chi connectivity index (χ4v) is 8.50. The molecule has 0 aromatic carbocycles. The summed E-state index contributed by atoms with van der Waals surface area (Å²) >= 11 is 0. The first-order valence-corrected chi connectivity index (χ1v) is 14.2. The van der Waals surface area contributed by atoms with Crippen molar-refractivity contribution >= 4 is 35.3 Å². The minimum Gasteiger partial charge on any atom is -0.458 e. The Hall–Kier alpha value is -2.92. The van der Waals surface area contributed by atoms with Crippen molar-refractivity contribution in [3.63, 3.8) is 0 Å². The second-order valence-corrected chi connectivity index (χ2v) is 12.6. The highest BCUT2D eigenvalue weighted by Gasteiger charge is 2.68. The number of ketones is 2. The highest BCUT2D eigenvalue weighted by molar-refractivity contribution is 6.01. The normalized spacial score (nSPS) is 38.8. The van der Waals surface area contributed by atoms with E-state index in [1.165, 1.54) is 0 Å². The maximum atomic E-state index is 13.3. The van der Waals surface area contributed by atoms with Gasteiger partial charge in [0.15, 0.2) is 12.4 Å². The molecule has 40 heavy (non-hydrogen) atoms. The summed E-state index contributed by atoms with van der Waals surface area (Å²) in [7, 11) is 0. The van der Waals surface area contributed by atoms with E-state index < -0.39 is 66.1 Å². The van der Waals surface area contributed by atoms with Crippen LogP contribution in [0.2, 0.25) is 0 Å². The highest BCUT2D eigenvalue weighted by Crippen LogP contribution is 2.67. The van der Waals surface area contributed by atoms with Crippen molar-refractivity contribution in [1.82, 2.24) is 5.06 Å². The molecule has 0 bridgehead atoms. The van der Waals surface area contributed by atoms with Crippen molar-refractivity contribution in [2.75, 3.05) is 6.61 Å². The lowest BCUT2D eigenvalue weighted by Gasteiger charge is -2.60. The predicted molar refractivity (Wildman–Crippen MR) is 135 cm³/mol. The summed E-state index contributed by atoms with van der Waals surface area (Å²) < 4.78 is 5.09. The molecule has 0 spiro atoms. The SMILES string of the molecule is C[C@]12CCC(=O)C=C1CC[C@@H]1[C@@H]2[C@H](O)C[C@@]2(C)[C@@H]1CC[C@]2(O)C(=O)COC(=O)CCC(=O)ON1C(=O)CCC1=O. The molecule has 11 heteroatoms. The zero-order valence-electron chi connectivity index (χ0n) is 23.0. The van der Waals surface area contributed by atoms with Gasteiger partial charge in [0.05, 0.1) is 18.9 Å². The molecule has 4 aliphatic carbocycles. The van der Waals surface area contributed by atoms with Crippen LogP contribution >= 0.6 is 0 Å². The molecule has 5 rings (SSSR count). The van der Waals surface area contributed by atoms with Crippen molar-refractivity contribution in [2.24, 2.45) is 28.6 Å². The minimum atomic E-state index is -1.78. The van der Waals surface area contributed by atoms with Gasteiger partial charge >= 0.3 is 11.9 Å². The van der Waals surface area contributed by atoms with Gasteiger partial charge in [0.1, 0.15) is 5.60 Å². The molecule has 0 aromatic heterocycles. The van der Waals surface area contributed by atoms with E-state index in [2.05, 4.69) is 6.92 Å². The lowest BCUT2D eigenvalue weighted by atomic mass is 9.45. The minimum absolute atomic E-state index is 0.00710. The lowest BCUT2D eigenvalue weighted by molar-refractivity contribution is -0.197. The topological polar surface area (TPSA) is 165 Å². The maximum absolute atomic E-state index is 13.3. The predicted octanol–water partition coefficient (Wildman–Crippen LogP) is 1.72. The number of Topliss-reactive ketones (excluding diaryl/α,β-unsaturated/α-hetero) is 1. The van der Waals surface area contributed by atoms with Crippen LogP contribution in [0, 0.1) is 28.6 Å². The number of carbonyl (C=O) groups is 6. The lowest BCUT2D eigenvalue weighted by Crippen LogP contribution is -2.62. The smallest absolute Gasteiger partial charge is 0.333 e. The number of aliphatic hydroxyl groups is 2. The van der Waals surface area contributed by atoms with Gasteiger partial charge in [0.25, 0.3) is 11.8 Å². The number of allylic oxidation sites excluding steroid dienone is 1. The zero-order chi connectivity index (χ0) is 29.0. The maximum Gasteiger partial charge on any atom is 0.333 e. The number of hydrogen-bond acceptors (Lipinski definition) is 10. The van der Waals surface area contributed by atoms with E-state index in [1.807, 2.05) is 6.92 Å². The number of aliphatic hydroxyl groups excluding tert-OH is 1. The van der Waals surface area contributed by atoms with E-state index in [9.17, 15) is 39.0 Å². The Bertz CT molecular complexity index is 1180. The van der Waals surface area contributed by atoms with Gasteiger partial charge in [0.2, 0.25) is 5.78 Å². The van der Waals surface area contributed by atoms with Crippen LogP contribution < -0.4 is 0 Å². The van der Waals surface area contributed by atoms with Crippen molar-refractivity contribution in [2.45, 2.75) is 96.2 Å². The van der Waals surface area contributed by atoms with E-state index in [1.54, 1.807) is 6.08 Å². The molecule has 11 nitrogen and oxygen atoms in total. The fourth-order valence-electron chi connectivity index (χ4n) is 8.50. The first kappa shape index (κ1) is 28.6. The third-order valence-electron chi connectivity index (χ3n) is 10.6. The average molecular weight is 560 g/mol. The van der Waals surface area contributed by atoms with Gasteiger partial charge in [0, 0.05) is 24.7 Å². The van der Waals surface area contributed by atoms with Crippen LogP contribution in [0.25, 0.3) is 0 Å². The molecule has 218 valence electrons. The number of nitrogens with zero attached hydrogens (tertiary/aromatic N) is 1. The van der Waals surface area contributed by atoms with Crippen LogP contribution in [0.5, 0.6) is 0 Å². The summed E-state index contributed by atoms with van der Waals surface area (Å²) in [6, 6.07) is 0. The second kappa shape index (κ2) is 10.2. The molecular formula is C29H37NO10. The third kappa shape index (κ3) is 4.51. The van der Waals surface area contributed by atoms with Gasteiger partial charge in [-0.3, -0.25) is 24.0 Å². The molecule has 1 saturated heterocycles. The standard InChI is InChI=1S/C29H37NO10/c1-27-11-9-17(31)13-16(27)3-4-18-19-10-12-29(38,28(19,2)14-20(32)26(18)27)21(33)15-39-24(36)7-8-25(37)40-30-22(34)5-6-23(30)35/h13,18-20,26,32,38H,3-12,14-15H2,1-2H3/t18-,19+,20+,26+,27-,28-,29-/m0/s1. The molecule has 0 unspecified atom stereocenters. The van der Waals surface area contributed by atoms with Crippen LogP contribution in [0.1, 0.15) is 84.5 Å². The Balaban J connectivity index is 1.20. The highest BCUT2D eigenvalue weighted by atomic mass is 16.7. The second-order valence-electron chi connectivity index (χ2n) is 12.6. The van der Waals surface area contributed by atoms with Gasteiger partial charge in [-0.1, -0.05) is 19.4 Å². The van der Waals surface area contributed by atoms with Crippen molar-refractivity contribution in [3.05, 3.63) is 11.6 Å². The Morgan fingerprint density at radius 1 is 0.975 bits per heavy atom. The summed E-state index contributed by atoms with van der Waals surface area (Å²) in [5.74, 6) is -3.55. The Kier molecular flexibility index (Phi) is 7.27. The van der Waals surface area contributed by atoms with Crippen LogP contribution in [0.15, 0.2) is 11.6 Å². The van der Waals surface area contributed by atoms with E-state index in [4.69, 9.17) is 9.57 Å². The Morgan fingerprint density at radius 3 is 2.35 bits per heavy atom. The van der Waals surface area contributed by atoms with E-state index in [0.717, 1.165) is 18.4 Å². The van der Waals surface area contributed by atoms with E-state index in [-0.39, 0.29) is 54.6 Å². The summed E-state index contributed by atoms with van der Waals surface area (Å²) in [4.78, 5) is 77.4. The van der Waals surface area contributed by atoms with Crippen LogP contribution in [0.3, 0.4) is 0 Å². The number of rotatable bonds is 7. The largest absolute Gasteiger partial charge is 0.458 e. The molecule has 5 aliphatic rings.